The topological polar surface area (TPSA) is 50.4 Å². The van der Waals surface area contributed by atoms with Gasteiger partial charge in [-0.25, -0.2) is 0 Å². The maximum absolute atomic E-state index is 13.6. The highest BCUT2D eigenvalue weighted by Crippen LogP contribution is 2.44. The van der Waals surface area contributed by atoms with Gasteiger partial charge in [-0.15, -0.1) is 11.8 Å². The van der Waals surface area contributed by atoms with Crippen LogP contribution in [0.5, 0.6) is 5.75 Å². The summed E-state index contributed by atoms with van der Waals surface area (Å²) < 4.78 is 5.59. The molecule has 0 saturated carbocycles. The van der Waals surface area contributed by atoms with Crippen molar-refractivity contribution >= 4 is 28.9 Å². The van der Waals surface area contributed by atoms with E-state index in [1.165, 1.54) is 10.5 Å². The summed E-state index contributed by atoms with van der Waals surface area (Å²) in [5.74, 6) is 1.20. The molecule has 0 fully saturated rings. The first-order valence-corrected chi connectivity index (χ1v) is 12.6. The summed E-state index contributed by atoms with van der Waals surface area (Å²) in [7, 11) is 0. The minimum Gasteiger partial charge on any atom is -0.494 e. The van der Waals surface area contributed by atoms with Crippen LogP contribution in [0.25, 0.3) is 0 Å². The second-order valence-corrected chi connectivity index (χ2v) is 9.32. The molecule has 3 aromatic rings. The third kappa shape index (κ3) is 4.38. The van der Waals surface area contributed by atoms with Gasteiger partial charge in [-0.05, 0) is 73.0 Å². The zero-order valence-corrected chi connectivity index (χ0v) is 19.7. The molecule has 0 saturated heterocycles. The van der Waals surface area contributed by atoms with Crippen LogP contribution in [0.4, 0.5) is 11.4 Å². The number of fused-ring (bicyclic) bond motifs is 1. The fraction of sp³-hybridized carbons (Fsp3) is 0.250. The van der Waals surface area contributed by atoms with Gasteiger partial charge in [-0.3, -0.25) is 4.79 Å². The molecule has 0 aromatic heterocycles. The third-order valence-electron chi connectivity index (χ3n) is 6.42. The van der Waals surface area contributed by atoms with E-state index < -0.39 is 0 Å². The molecule has 2 unspecified atom stereocenters. The maximum atomic E-state index is 13.6. The highest BCUT2D eigenvalue weighted by molar-refractivity contribution is 7.98. The summed E-state index contributed by atoms with van der Waals surface area (Å²) >= 11 is 1.72. The van der Waals surface area contributed by atoms with Gasteiger partial charge < -0.3 is 15.4 Å². The van der Waals surface area contributed by atoms with Crippen LogP contribution in [0.2, 0.25) is 0 Å². The standard InChI is InChI=1S/C28H28N2O2S/c1-3-32-21-12-8-18(9-13-21)20-16-25-27(26(31)17-20)28(19-10-14-22(33-2)15-11-19)30-24-7-5-4-6-23(24)29-25/h4-15,20,28-30H,3,16-17H2,1-2H3. The molecule has 2 aliphatic rings. The molecule has 2 atom stereocenters. The highest BCUT2D eigenvalue weighted by Gasteiger charge is 2.36. The summed E-state index contributed by atoms with van der Waals surface area (Å²) in [6.07, 6.45) is 3.38. The Hall–Kier alpha value is -3.18. The second-order valence-electron chi connectivity index (χ2n) is 8.44. The van der Waals surface area contributed by atoms with Gasteiger partial charge in [0, 0.05) is 22.6 Å². The lowest BCUT2D eigenvalue weighted by Gasteiger charge is -2.30. The van der Waals surface area contributed by atoms with Crippen molar-refractivity contribution < 1.29 is 9.53 Å². The predicted molar refractivity (Wildman–Crippen MR) is 136 cm³/mol. The van der Waals surface area contributed by atoms with Crippen LogP contribution in [0, 0.1) is 0 Å². The lowest BCUT2D eigenvalue weighted by atomic mass is 9.78. The second kappa shape index (κ2) is 9.36. The van der Waals surface area contributed by atoms with Crippen molar-refractivity contribution in [2.75, 3.05) is 23.5 Å². The van der Waals surface area contributed by atoms with E-state index in [0.717, 1.165) is 40.4 Å². The molecule has 1 aliphatic carbocycles. The molecule has 0 radical (unpaired) electrons. The van der Waals surface area contributed by atoms with Gasteiger partial charge >= 0.3 is 0 Å². The number of ketones is 1. The molecule has 4 nitrogen and oxygen atoms in total. The first-order valence-electron chi connectivity index (χ1n) is 11.4. The zero-order valence-electron chi connectivity index (χ0n) is 18.9. The van der Waals surface area contributed by atoms with E-state index in [4.69, 9.17) is 4.74 Å². The Morgan fingerprint density at radius 2 is 1.61 bits per heavy atom. The monoisotopic (exact) mass is 456 g/mol. The van der Waals surface area contributed by atoms with Crippen molar-refractivity contribution in [2.24, 2.45) is 0 Å². The number of carbonyl (C=O) groups is 1. The molecule has 168 valence electrons. The fourth-order valence-electron chi connectivity index (χ4n) is 4.78. The summed E-state index contributed by atoms with van der Waals surface area (Å²) in [5.41, 5.74) is 6.16. The first-order chi connectivity index (χ1) is 16.2. The van der Waals surface area contributed by atoms with Gasteiger partial charge in [0.2, 0.25) is 0 Å². The largest absolute Gasteiger partial charge is 0.494 e. The van der Waals surface area contributed by atoms with Crippen molar-refractivity contribution in [3.8, 4) is 5.75 Å². The number of ether oxygens (including phenoxy) is 1. The van der Waals surface area contributed by atoms with Crippen LogP contribution in [0.15, 0.2) is 89.0 Å². The predicted octanol–water partition coefficient (Wildman–Crippen LogP) is 6.79. The summed E-state index contributed by atoms with van der Waals surface area (Å²) in [5, 5.41) is 7.27. The van der Waals surface area contributed by atoms with E-state index in [1.54, 1.807) is 11.8 Å². The van der Waals surface area contributed by atoms with Crippen molar-refractivity contribution in [1.82, 2.24) is 0 Å². The zero-order chi connectivity index (χ0) is 22.8. The number of rotatable bonds is 5. The van der Waals surface area contributed by atoms with Crippen molar-refractivity contribution in [1.29, 1.82) is 0 Å². The van der Waals surface area contributed by atoms with Crippen molar-refractivity contribution in [2.45, 2.75) is 36.6 Å². The lowest BCUT2D eigenvalue weighted by Crippen LogP contribution is -2.26. The van der Waals surface area contributed by atoms with Crippen LogP contribution in [0.3, 0.4) is 0 Å². The van der Waals surface area contributed by atoms with Crippen LogP contribution in [-0.2, 0) is 4.79 Å². The molecule has 0 amide bonds. The van der Waals surface area contributed by atoms with Crippen LogP contribution in [-0.4, -0.2) is 18.6 Å². The molecule has 5 heteroatoms. The maximum Gasteiger partial charge on any atom is 0.163 e. The van der Waals surface area contributed by atoms with E-state index >= 15 is 0 Å². The molecule has 2 N–H and O–H groups in total. The average Bonchev–Trinajstić information content (AvgIpc) is 3.02. The number of thioether (sulfide) groups is 1. The summed E-state index contributed by atoms with van der Waals surface area (Å²) in [6, 6.07) is 24.7. The molecule has 33 heavy (non-hydrogen) atoms. The minimum atomic E-state index is -0.180. The average molecular weight is 457 g/mol. The number of carbonyl (C=O) groups excluding carboxylic acids is 1. The van der Waals surface area contributed by atoms with Crippen LogP contribution >= 0.6 is 11.8 Å². The normalized spacial score (nSPS) is 19.6. The third-order valence-corrected chi connectivity index (χ3v) is 7.16. The van der Waals surface area contributed by atoms with Gasteiger partial charge in [-0.1, -0.05) is 36.4 Å². The number of allylic oxidation sites excluding steroid dienone is 1. The molecule has 0 spiro atoms. The number of para-hydroxylation sites is 2. The smallest absolute Gasteiger partial charge is 0.163 e. The van der Waals surface area contributed by atoms with Crippen molar-refractivity contribution in [3.05, 3.63) is 95.2 Å². The molecule has 1 heterocycles. The Labute approximate surface area is 199 Å². The number of benzene rings is 3. The number of Topliss-reactive ketones (excluding diaryl/α,β-unsaturated/α-hetero) is 1. The van der Waals surface area contributed by atoms with E-state index in [1.807, 2.05) is 31.2 Å². The number of hydrogen-bond donors (Lipinski definition) is 2. The van der Waals surface area contributed by atoms with Gasteiger partial charge in [0.15, 0.2) is 5.78 Å². The van der Waals surface area contributed by atoms with Gasteiger partial charge in [-0.2, -0.15) is 0 Å². The molecule has 5 rings (SSSR count). The Balaban J connectivity index is 1.53. The van der Waals surface area contributed by atoms with E-state index in [-0.39, 0.29) is 17.7 Å². The van der Waals surface area contributed by atoms with Crippen molar-refractivity contribution in [3.63, 3.8) is 0 Å². The van der Waals surface area contributed by atoms with E-state index in [2.05, 4.69) is 65.4 Å². The Morgan fingerprint density at radius 3 is 2.30 bits per heavy atom. The van der Waals surface area contributed by atoms with Gasteiger partial charge in [0.1, 0.15) is 5.75 Å². The Morgan fingerprint density at radius 1 is 0.909 bits per heavy atom. The van der Waals surface area contributed by atoms with Gasteiger partial charge in [0.25, 0.3) is 0 Å². The SMILES string of the molecule is CCOc1ccc(C2CC(=O)C3=C(C2)Nc2ccccc2NC3c2ccc(SC)cc2)cc1. The summed E-state index contributed by atoms with van der Waals surface area (Å²) in [6.45, 7) is 2.63. The molecular formula is C28H28N2O2S. The van der Waals surface area contributed by atoms with Crippen LogP contribution < -0.4 is 15.4 Å². The molecular weight excluding hydrogens is 428 g/mol. The molecule has 1 aliphatic heterocycles. The van der Waals surface area contributed by atoms with E-state index in [9.17, 15) is 4.79 Å². The van der Waals surface area contributed by atoms with E-state index in [0.29, 0.717) is 13.0 Å². The Kier molecular flexibility index (Phi) is 6.14. The van der Waals surface area contributed by atoms with Crippen LogP contribution in [0.1, 0.15) is 42.9 Å². The molecule has 3 aromatic carbocycles. The quantitative estimate of drug-likeness (QED) is 0.414. The minimum absolute atomic E-state index is 0.143. The van der Waals surface area contributed by atoms with Gasteiger partial charge in [0.05, 0.1) is 24.0 Å². The first kappa shape index (κ1) is 21.7. The highest BCUT2D eigenvalue weighted by atomic mass is 32.2. The lowest BCUT2D eigenvalue weighted by molar-refractivity contribution is -0.116. The number of nitrogens with one attached hydrogen (secondary N) is 2. The number of anilines is 2. The summed E-state index contributed by atoms with van der Waals surface area (Å²) in [4.78, 5) is 14.8. The number of hydrogen-bond acceptors (Lipinski definition) is 5. The Bertz CT molecular complexity index is 1190. The fourth-order valence-corrected chi connectivity index (χ4v) is 5.19. The molecule has 0 bridgehead atoms.